The molecule has 0 saturated heterocycles. The monoisotopic (exact) mass is 283 g/mol. The van der Waals surface area contributed by atoms with Gasteiger partial charge in [0.2, 0.25) is 0 Å². The van der Waals surface area contributed by atoms with Gasteiger partial charge < -0.3 is 10.2 Å². The van der Waals surface area contributed by atoms with E-state index in [0.717, 1.165) is 29.9 Å². The van der Waals surface area contributed by atoms with Crippen LogP contribution in [-0.4, -0.2) is 36.4 Å². The lowest BCUT2D eigenvalue weighted by atomic mass is 10.1. The van der Waals surface area contributed by atoms with Crippen LogP contribution in [0.5, 0.6) is 0 Å². The zero-order valence-corrected chi connectivity index (χ0v) is 12.8. The Hall–Kier alpha value is -2.36. The highest BCUT2D eigenvalue weighted by Gasteiger charge is 2.13. The third-order valence-corrected chi connectivity index (χ3v) is 3.23. The second-order valence-electron chi connectivity index (χ2n) is 5.25. The standard InChI is InChI=1S/C17H21N3O/c1-13-7-8-15(17(21)20(2)3)16(12-13)19-11-9-14-6-4-5-10-18-14/h4-8,10,12,19H,9,11H2,1-3H3. The number of hydrogen-bond acceptors (Lipinski definition) is 3. The summed E-state index contributed by atoms with van der Waals surface area (Å²) < 4.78 is 0. The summed E-state index contributed by atoms with van der Waals surface area (Å²) in [5, 5.41) is 3.35. The predicted octanol–water partition coefficient (Wildman–Crippen LogP) is 2.75. The number of amides is 1. The molecule has 1 aromatic carbocycles. The van der Waals surface area contributed by atoms with Gasteiger partial charge in [0, 0.05) is 44.6 Å². The van der Waals surface area contributed by atoms with E-state index in [1.54, 1.807) is 25.2 Å². The van der Waals surface area contributed by atoms with E-state index in [9.17, 15) is 4.79 Å². The molecule has 0 atom stereocenters. The second kappa shape index (κ2) is 6.88. The van der Waals surface area contributed by atoms with Crippen LogP contribution in [0.2, 0.25) is 0 Å². The molecule has 0 radical (unpaired) electrons. The van der Waals surface area contributed by atoms with Gasteiger partial charge in [-0.1, -0.05) is 12.1 Å². The number of pyridine rings is 1. The summed E-state index contributed by atoms with van der Waals surface area (Å²) in [5.41, 5.74) is 3.75. The first-order chi connectivity index (χ1) is 10.1. The van der Waals surface area contributed by atoms with E-state index in [1.807, 2.05) is 43.3 Å². The van der Waals surface area contributed by atoms with Crippen LogP contribution < -0.4 is 5.32 Å². The molecule has 0 saturated carbocycles. The Bertz CT molecular complexity index is 609. The summed E-state index contributed by atoms with van der Waals surface area (Å²) >= 11 is 0. The van der Waals surface area contributed by atoms with E-state index in [4.69, 9.17) is 0 Å². The molecule has 0 aliphatic carbocycles. The SMILES string of the molecule is Cc1ccc(C(=O)N(C)C)c(NCCc2ccccn2)c1. The Kier molecular flexibility index (Phi) is 4.93. The summed E-state index contributed by atoms with van der Waals surface area (Å²) in [5.74, 6) is 0.00957. The van der Waals surface area contributed by atoms with E-state index in [2.05, 4.69) is 10.3 Å². The minimum Gasteiger partial charge on any atom is -0.384 e. The molecule has 0 aliphatic rings. The minimum atomic E-state index is 0.00957. The molecular formula is C17H21N3O. The highest BCUT2D eigenvalue weighted by Crippen LogP contribution is 2.19. The third-order valence-electron chi connectivity index (χ3n) is 3.23. The van der Waals surface area contributed by atoms with E-state index in [0.29, 0.717) is 5.56 Å². The number of aryl methyl sites for hydroxylation is 1. The van der Waals surface area contributed by atoms with Gasteiger partial charge in [0.05, 0.1) is 5.56 Å². The molecule has 0 bridgehead atoms. The largest absolute Gasteiger partial charge is 0.384 e. The maximum absolute atomic E-state index is 12.2. The van der Waals surface area contributed by atoms with Gasteiger partial charge in [-0.15, -0.1) is 0 Å². The van der Waals surface area contributed by atoms with Crippen LogP contribution in [0.3, 0.4) is 0 Å². The number of hydrogen-bond donors (Lipinski definition) is 1. The van der Waals surface area contributed by atoms with Gasteiger partial charge in [-0.25, -0.2) is 0 Å². The molecule has 4 nitrogen and oxygen atoms in total. The quantitative estimate of drug-likeness (QED) is 0.917. The molecule has 1 aromatic heterocycles. The van der Waals surface area contributed by atoms with Crippen LogP contribution in [0.25, 0.3) is 0 Å². The maximum Gasteiger partial charge on any atom is 0.255 e. The van der Waals surface area contributed by atoms with Gasteiger partial charge in [-0.05, 0) is 36.8 Å². The van der Waals surface area contributed by atoms with Crippen molar-refractivity contribution < 1.29 is 4.79 Å². The van der Waals surface area contributed by atoms with Crippen molar-refractivity contribution in [3.8, 4) is 0 Å². The predicted molar refractivity (Wildman–Crippen MR) is 85.6 cm³/mol. The number of carbonyl (C=O) groups excluding carboxylic acids is 1. The molecule has 1 amide bonds. The smallest absolute Gasteiger partial charge is 0.255 e. The van der Waals surface area contributed by atoms with Crippen molar-refractivity contribution in [1.82, 2.24) is 9.88 Å². The van der Waals surface area contributed by atoms with Crippen molar-refractivity contribution in [1.29, 1.82) is 0 Å². The Morgan fingerprint density at radius 1 is 1.24 bits per heavy atom. The number of carbonyl (C=O) groups is 1. The summed E-state index contributed by atoms with van der Waals surface area (Å²) in [6.07, 6.45) is 2.62. The molecule has 0 aliphatic heterocycles. The lowest BCUT2D eigenvalue weighted by molar-refractivity contribution is 0.0828. The first kappa shape index (κ1) is 15.0. The summed E-state index contributed by atoms with van der Waals surface area (Å²) in [6.45, 7) is 2.77. The van der Waals surface area contributed by atoms with Gasteiger partial charge >= 0.3 is 0 Å². The molecule has 2 aromatic rings. The zero-order chi connectivity index (χ0) is 15.2. The molecular weight excluding hydrogens is 262 g/mol. The molecule has 110 valence electrons. The Morgan fingerprint density at radius 2 is 2.05 bits per heavy atom. The molecule has 1 N–H and O–H groups in total. The van der Waals surface area contributed by atoms with Crippen LogP contribution in [-0.2, 0) is 6.42 Å². The zero-order valence-electron chi connectivity index (χ0n) is 12.8. The van der Waals surface area contributed by atoms with E-state index >= 15 is 0 Å². The van der Waals surface area contributed by atoms with Gasteiger partial charge in [0.25, 0.3) is 5.91 Å². The van der Waals surface area contributed by atoms with Crippen molar-refractivity contribution in [2.45, 2.75) is 13.3 Å². The van der Waals surface area contributed by atoms with Crippen molar-refractivity contribution in [3.05, 3.63) is 59.4 Å². The van der Waals surface area contributed by atoms with Gasteiger partial charge in [-0.3, -0.25) is 9.78 Å². The number of aromatic nitrogens is 1. The highest BCUT2D eigenvalue weighted by molar-refractivity contribution is 5.99. The molecule has 0 fully saturated rings. The molecule has 1 heterocycles. The van der Waals surface area contributed by atoms with Gasteiger partial charge in [-0.2, -0.15) is 0 Å². The minimum absolute atomic E-state index is 0.00957. The first-order valence-electron chi connectivity index (χ1n) is 7.04. The highest BCUT2D eigenvalue weighted by atomic mass is 16.2. The van der Waals surface area contributed by atoms with Gasteiger partial charge in [0.15, 0.2) is 0 Å². The molecule has 4 heteroatoms. The molecule has 0 spiro atoms. The number of anilines is 1. The fraction of sp³-hybridized carbons (Fsp3) is 0.294. The fourth-order valence-electron chi connectivity index (χ4n) is 2.10. The third kappa shape index (κ3) is 4.05. The average Bonchev–Trinajstić information content (AvgIpc) is 2.48. The van der Waals surface area contributed by atoms with Crippen LogP contribution in [0.4, 0.5) is 5.69 Å². The van der Waals surface area contributed by atoms with Gasteiger partial charge in [0.1, 0.15) is 0 Å². The summed E-state index contributed by atoms with van der Waals surface area (Å²) in [7, 11) is 3.53. The Morgan fingerprint density at radius 3 is 2.71 bits per heavy atom. The maximum atomic E-state index is 12.2. The molecule has 0 unspecified atom stereocenters. The van der Waals surface area contributed by atoms with Crippen molar-refractivity contribution >= 4 is 11.6 Å². The summed E-state index contributed by atoms with van der Waals surface area (Å²) in [6, 6.07) is 11.7. The lowest BCUT2D eigenvalue weighted by Gasteiger charge is -2.16. The van der Waals surface area contributed by atoms with E-state index < -0.39 is 0 Å². The van der Waals surface area contributed by atoms with E-state index in [-0.39, 0.29) is 5.91 Å². The van der Waals surface area contributed by atoms with Crippen molar-refractivity contribution in [2.75, 3.05) is 26.0 Å². The number of nitrogens with zero attached hydrogens (tertiary/aromatic N) is 2. The fourth-order valence-corrected chi connectivity index (χ4v) is 2.10. The normalized spacial score (nSPS) is 10.2. The van der Waals surface area contributed by atoms with Crippen molar-refractivity contribution in [3.63, 3.8) is 0 Å². The molecule has 2 rings (SSSR count). The Labute approximate surface area is 125 Å². The summed E-state index contributed by atoms with van der Waals surface area (Å²) in [4.78, 5) is 18.1. The van der Waals surface area contributed by atoms with Crippen LogP contribution in [0.15, 0.2) is 42.6 Å². The Balaban J connectivity index is 2.08. The first-order valence-corrected chi connectivity index (χ1v) is 7.04. The lowest BCUT2D eigenvalue weighted by Crippen LogP contribution is -2.23. The van der Waals surface area contributed by atoms with Crippen molar-refractivity contribution in [2.24, 2.45) is 0 Å². The second-order valence-corrected chi connectivity index (χ2v) is 5.25. The number of benzene rings is 1. The topological polar surface area (TPSA) is 45.2 Å². The molecule has 21 heavy (non-hydrogen) atoms. The van der Waals surface area contributed by atoms with Crippen LogP contribution in [0, 0.1) is 6.92 Å². The number of rotatable bonds is 5. The van der Waals surface area contributed by atoms with E-state index in [1.165, 1.54) is 0 Å². The average molecular weight is 283 g/mol. The number of nitrogens with one attached hydrogen (secondary N) is 1. The van der Waals surface area contributed by atoms with Crippen LogP contribution >= 0.6 is 0 Å². The van der Waals surface area contributed by atoms with Crippen LogP contribution in [0.1, 0.15) is 21.6 Å².